The molecular formula is C19H18N2OS. The number of ether oxygens (including phenoxy) is 1. The minimum absolute atomic E-state index is 0.334. The summed E-state index contributed by atoms with van der Waals surface area (Å²) in [6.07, 6.45) is 5.02. The van der Waals surface area contributed by atoms with E-state index in [1.165, 1.54) is 27.1 Å². The summed E-state index contributed by atoms with van der Waals surface area (Å²) in [5.41, 5.74) is 6.28. The number of rotatable bonds is 3. The van der Waals surface area contributed by atoms with Crippen molar-refractivity contribution in [3.05, 3.63) is 65.4 Å². The summed E-state index contributed by atoms with van der Waals surface area (Å²) in [5.74, 6) is 1.23. The fourth-order valence-corrected chi connectivity index (χ4v) is 3.75. The number of benzene rings is 2. The number of aromatic amines is 1. The zero-order valence-corrected chi connectivity index (χ0v) is 14.0. The molecule has 0 amide bonds. The fourth-order valence-electron chi connectivity index (χ4n) is 3.35. The summed E-state index contributed by atoms with van der Waals surface area (Å²) in [7, 11) is 1.72. The molecule has 1 heterocycles. The Kier molecular flexibility index (Phi) is 3.62. The van der Waals surface area contributed by atoms with Crippen LogP contribution in [0.2, 0.25) is 0 Å². The van der Waals surface area contributed by atoms with Crippen molar-refractivity contribution in [2.75, 3.05) is 13.4 Å². The molecule has 0 bridgehead atoms. The first kappa shape index (κ1) is 14.4. The number of hydrogen-bond donors (Lipinski definition) is 1. The quantitative estimate of drug-likeness (QED) is 0.722. The molecule has 23 heavy (non-hydrogen) atoms. The van der Waals surface area contributed by atoms with Crippen LogP contribution in [-0.2, 0) is 6.42 Å². The molecule has 0 spiro atoms. The van der Waals surface area contributed by atoms with Crippen LogP contribution in [-0.4, -0.2) is 23.6 Å². The number of aromatic nitrogens is 2. The Morgan fingerprint density at radius 3 is 2.74 bits per heavy atom. The van der Waals surface area contributed by atoms with Crippen molar-refractivity contribution in [2.45, 2.75) is 17.2 Å². The van der Waals surface area contributed by atoms with E-state index < -0.39 is 0 Å². The highest BCUT2D eigenvalue weighted by Crippen LogP contribution is 2.43. The van der Waals surface area contributed by atoms with E-state index in [4.69, 9.17) is 4.74 Å². The molecule has 2 aromatic carbocycles. The molecule has 0 saturated carbocycles. The predicted molar refractivity (Wildman–Crippen MR) is 94.3 cm³/mol. The van der Waals surface area contributed by atoms with Crippen LogP contribution in [0, 0.1) is 0 Å². The van der Waals surface area contributed by atoms with Crippen molar-refractivity contribution in [1.82, 2.24) is 10.2 Å². The Bertz CT molecular complexity index is 839. The third-order valence-electron chi connectivity index (χ3n) is 4.56. The van der Waals surface area contributed by atoms with Gasteiger partial charge in [-0.3, -0.25) is 5.10 Å². The number of nitrogens with one attached hydrogen (secondary N) is 1. The lowest BCUT2D eigenvalue weighted by Gasteiger charge is -2.26. The highest BCUT2D eigenvalue weighted by molar-refractivity contribution is 7.98. The van der Waals surface area contributed by atoms with Crippen LogP contribution >= 0.6 is 11.8 Å². The van der Waals surface area contributed by atoms with Crippen LogP contribution in [0.3, 0.4) is 0 Å². The molecule has 1 aromatic heterocycles. The van der Waals surface area contributed by atoms with Gasteiger partial charge in [-0.25, -0.2) is 0 Å². The molecule has 4 heteroatoms. The summed E-state index contributed by atoms with van der Waals surface area (Å²) in [6, 6.07) is 15.2. The monoisotopic (exact) mass is 322 g/mol. The molecule has 1 aliphatic carbocycles. The zero-order chi connectivity index (χ0) is 15.8. The van der Waals surface area contributed by atoms with Crippen LogP contribution in [0.1, 0.15) is 22.6 Å². The van der Waals surface area contributed by atoms with E-state index in [1.807, 2.05) is 12.3 Å². The van der Waals surface area contributed by atoms with Gasteiger partial charge in [0.1, 0.15) is 5.75 Å². The van der Waals surface area contributed by atoms with Crippen LogP contribution in [0.15, 0.2) is 53.6 Å². The molecule has 4 rings (SSSR count). The molecular weight excluding hydrogens is 304 g/mol. The average Bonchev–Trinajstić information content (AvgIpc) is 3.09. The largest absolute Gasteiger partial charge is 0.497 e. The summed E-state index contributed by atoms with van der Waals surface area (Å²) >= 11 is 1.77. The third-order valence-corrected chi connectivity index (χ3v) is 5.31. The van der Waals surface area contributed by atoms with E-state index in [2.05, 4.69) is 52.9 Å². The standard InChI is InChI=1S/C19H18N2OS/c1-22-14-5-8-16-18(10-14)17(9-13-11-20-21-19(13)16)12-3-6-15(23-2)7-4-12/h3-8,10-11,17H,9H2,1-2H3,(H,20,21). The van der Waals surface area contributed by atoms with Crippen molar-refractivity contribution in [2.24, 2.45) is 0 Å². The molecule has 0 radical (unpaired) electrons. The van der Waals surface area contributed by atoms with Crippen molar-refractivity contribution in [3.63, 3.8) is 0 Å². The number of nitrogens with zero attached hydrogens (tertiary/aromatic N) is 1. The topological polar surface area (TPSA) is 37.9 Å². The Balaban J connectivity index is 1.85. The summed E-state index contributed by atoms with van der Waals surface area (Å²) in [4.78, 5) is 1.29. The number of hydrogen-bond acceptors (Lipinski definition) is 3. The molecule has 1 atom stereocenters. The van der Waals surface area contributed by atoms with Crippen molar-refractivity contribution in [1.29, 1.82) is 0 Å². The molecule has 1 unspecified atom stereocenters. The lowest BCUT2D eigenvalue weighted by atomic mass is 9.78. The molecule has 3 aromatic rings. The Morgan fingerprint density at radius 1 is 1.17 bits per heavy atom. The van der Waals surface area contributed by atoms with Crippen molar-refractivity contribution in [3.8, 4) is 17.0 Å². The number of thioether (sulfide) groups is 1. The third kappa shape index (κ3) is 2.43. The highest BCUT2D eigenvalue weighted by atomic mass is 32.2. The minimum Gasteiger partial charge on any atom is -0.497 e. The first-order valence-corrected chi connectivity index (χ1v) is 8.87. The van der Waals surface area contributed by atoms with Crippen LogP contribution < -0.4 is 4.74 Å². The van der Waals surface area contributed by atoms with Crippen LogP contribution in [0.4, 0.5) is 0 Å². The number of fused-ring (bicyclic) bond motifs is 3. The van der Waals surface area contributed by atoms with Gasteiger partial charge in [0.25, 0.3) is 0 Å². The molecule has 0 aliphatic heterocycles. The van der Waals surface area contributed by atoms with Gasteiger partial charge in [-0.15, -0.1) is 11.8 Å². The molecule has 3 nitrogen and oxygen atoms in total. The maximum absolute atomic E-state index is 5.44. The van der Waals surface area contributed by atoms with Gasteiger partial charge in [0, 0.05) is 16.4 Å². The molecule has 0 fully saturated rings. The fraction of sp³-hybridized carbons (Fsp3) is 0.211. The van der Waals surface area contributed by atoms with Gasteiger partial charge < -0.3 is 4.74 Å². The Morgan fingerprint density at radius 2 is 2.00 bits per heavy atom. The predicted octanol–water partition coefficient (Wildman–Crippen LogP) is 4.50. The summed E-state index contributed by atoms with van der Waals surface area (Å²) in [6.45, 7) is 0. The van der Waals surface area contributed by atoms with E-state index in [-0.39, 0.29) is 0 Å². The Labute approximate surface area is 140 Å². The second kappa shape index (κ2) is 5.78. The lowest BCUT2D eigenvalue weighted by Crippen LogP contribution is -2.12. The van der Waals surface area contributed by atoms with Crippen LogP contribution in [0.25, 0.3) is 11.3 Å². The normalized spacial score (nSPS) is 15.8. The minimum atomic E-state index is 0.334. The summed E-state index contributed by atoms with van der Waals surface area (Å²) in [5, 5.41) is 7.39. The summed E-state index contributed by atoms with van der Waals surface area (Å²) < 4.78 is 5.44. The van der Waals surface area contributed by atoms with Gasteiger partial charge in [-0.05, 0) is 59.7 Å². The van der Waals surface area contributed by atoms with Gasteiger partial charge in [-0.1, -0.05) is 12.1 Å². The molecule has 116 valence electrons. The highest BCUT2D eigenvalue weighted by Gasteiger charge is 2.27. The van der Waals surface area contributed by atoms with Gasteiger partial charge in [-0.2, -0.15) is 5.10 Å². The average molecular weight is 322 g/mol. The second-order valence-electron chi connectivity index (χ2n) is 5.75. The van der Waals surface area contributed by atoms with Crippen molar-refractivity contribution < 1.29 is 4.74 Å². The maximum atomic E-state index is 5.44. The lowest BCUT2D eigenvalue weighted by molar-refractivity contribution is 0.414. The van der Waals surface area contributed by atoms with Crippen LogP contribution in [0.5, 0.6) is 5.75 Å². The second-order valence-corrected chi connectivity index (χ2v) is 6.63. The SMILES string of the molecule is COc1ccc2c(c1)C(c1ccc(SC)cc1)Cc1cn[nH]c1-2. The van der Waals surface area contributed by atoms with Crippen molar-refractivity contribution >= 4 is 11.8 Å². The number of methoxy groups -OCH3 is 1. The van der Waals surface area contributed by atoms with Gasteiger partial charge in [0.05, 0.1) is 19.0 Å². The first-order chi connectivity index (χ1) is 11.3. The Hall–Kier alpha value is -2.20. The first-order valence-electron chi connectivity index (χ1n) is 7.64. The van der Waals surface area contributed by atoms with Gasteiger partial charge >= 0.3 is 0 Å². The molecule has 1 N–H and O–H groups in total. The van der Waals surface area contributed by atoms with Gasteiger partial charge in [0.2, 0.25) is 0 Å². The zero-order valence-electron chi connectivity index (χ0n) is 13.2. The number of H-pyrrole nitrogens is 1. The molecule has 0 saturated heterocycles. The van der Waals surface area contributed by atoms with E-state index in [0.717, 1.165) is 17.9 Å². The maximum Gasteiger partial charge on any atom is 0.119 e. The van der Waals surface area contributed by atoms with E-state index >= 15 is 0 Å². The van der Waals surface area contributed by atoms with E-state index in [9.17, 15) is 0 Å². The van der Waals surface area contributed by atoms with E-state index in [0.29, 0.717) is 5.92 Å². The molecule has 1 aliphatic rings. The smallest absolute Gasteiger partial charge is 0.119 e. The van der Waals surface area contributed by atoms with Gasteiger partial charge in [0.15, 0.2) is 0 Å². The van der Waals surface area contributed by atoms with E-state index in [1.54, 1.807) is 18.9 Å².